The van der Waals surface area contributed by atoms with Crippen LogP contribution < -0.4 is 37.9 Å². The Labute approximate surface area is 518 Å². The third kappa shape index (κ3) is 24.5. The second kappa shape index (κ2) is 38.1. The van der Waals surface area contributed by atoms with Crippen LogP contribution in [0, 0.1) is 0 Å². The first kappa shape index (κ1) is 63.9. The highest BCUT2D eigenvalue weighted by atomic mass is 35.5. The Hall–Kier alpha value is -8.06. The van der Waals surface area contributed by atoms with Crippen molar-refractivity contribution in [2.45, 2.75) is 103 Å². The zero-order valence-corrected chi connectivity index (χ0v) is 50.8. The van der Waals surface area contributed by atoms with Gasteiger partial charge in [-0.1, -0.05) is 71.7 Å². The molecule has 86 heavy (non-hydrogen) atoms. The molecule has 0 radical (unpaired) electrons. The van der Waals surface area contributed by atoms with E-state index in [0.717, 1.165) is 183 Å². The van der Waals surface area contributed by atoms with Crippen LogP contribution in [0.15, 0.2) is 215 Å². The summed E-state index contributed by atoms with van der Waals surface area (Å²) in [6.07, 6.45) is 16.4. The molecule has 12 nitrogen and oxygen atoms in total. The average molecular weight is 1200 g/mol. The molecule has 8 aromatic rings. The Kier molecular flexibility index (Phi) is 28.3. The Morgan fingerprint density at radius 2 is 0.407 bits per heavy atom. The lowest BCUT2D eigenvalue weighted by Gasteiger charge is -2.13. The lowest BCUT2D eigenvalue weighted by atomic mass is 10.1. The molecule has 0 N–H and O–H groups in total. The molecule has 0 bridgehead atoms. The number of azo groups is 2. The third-order valence-corrected chi connectivity index (χ3v) is 14.4. The molecule has 8 rings (SSSR count). The molecular formula is C72H80Cl2N4O8. The molecule has 0 aliphatic carbocycles. The number of para-hydroxylation sites is 4. The molecule has 0 amide bonds. The first-order chi connectivity index (χ1) is 42.5. The first-order valence-corrected chi connectivity index (χ1v) is 31.2. The standard InChI is InChI=1S/C72H80Cl2N4O8/c73-59-29-33-61(34-30-59)75-77-63-37-45-67(46-38-63)81-51-15-3-7-19-55-85-71-23-11-9-21-69(71)83-53-17-5-1-13-49-79-65-41-25-57(26-42-65)58-27-43-66(44-28-58)80-50-14-2-6-18-54-84-70-22-10-12-24-72(70)86-56-20-8-4-16-52-82-68-47-39-64(40-48-68)78-76-62-35-31-60(74)32-36-62/h9-12,21-48H,1-8,13-20,49-56H2. The number of nitrogens with zero attached hydrogens (tertiary/aromatic N) is 4. The number of ether oxygens (including phenoxy) is 8. The van der Waals surface area contributed by atoms with Crippen LogP contribution in [-0.4, -0.2) is 52.9 Å². The lowest BCUT2D eigenvalue weighted by molar-refractivity contribution is 0.254. The van der Waals surface area contributed by atoms with Crippen molar-refractivity contribution in [3.63, 3.8) is 0 Å². The van der Waals surface area contributed by atoms with E-state index in [4.69, 9.17) is 61.1 Å². The number of hydrogen-bond acceptors (Lipinski definition) is 12. The summed E-state index contributed by atoms with van der Waals surface area (Å²) in [6, 6.07) is 62.4. The highest BCUT2D eigenvalue weighted by Gasteiger charge is 2.08. The van der Waals surface area contributed by atoms with Crippen LogP contribution in [0.2, 0.25) is 10.0 Å². The van der Waals surface area contributed by atoms with Crippen molar-refractivity contribution in [2.24, 2.45) is 20.5 Å². The molecule has 0 fully saturated rings. The molecule has 0 atom stereocenters. The number of rotatable bonds is 41. The van der Waals surface area contributed by atoms with Crippen LogP contribution in [0.5, 0.6) is 46.0 Å². The van der Waals surface area contributed by atoms with E-state index in [-0.39, 0.29) is 0 Å². The number of halogens is 2. The molecule has 0 aliphatic rings. The van der Waals surface area contributed by atoms with Gasteiger partial charge >= 0.3 is 0 Å². The minimum absolute atomic E-state index is 0.652. The Balaban J connectivity index is 0.582. The van der Waals surface area contributed by atoms with Gasteiger partial charge < -0.3 is 37.9 Å². The second-order valence-electron chi connectivity index (χ2n) is 20.7. The van der Waals surface area contributed by atoms with Gasteiger partial charge in [-0.3, -0.25) is 0 Å². The highest BCUT2D eigenvalue weighted by molar-refractivity contribution is 6.30. The fraction of sp³-hybridized carbons (Fsp3) is 0.333. The molecule has 0 heterocycles. The van der Waals surface area contributed by atoms with Crippen molar-refractivity contribution in [3.05, 3.63) is 204 Å². The predicted octanol–water partition coefficient (Wildman–Crippen LogP) is 21.6. The Morgan fingerprint density at radius 1 is 0.209 bits per heavy atom. The van der Waals surface area contributed by atoms with E-state index in [1.165, 1.54) is 0 Å². The fourth-order valence-electron chi connectivity index (χ4n) is 9.05. The van der Waals surface area contributed by atoms with Gasteiger partial charge in [0.15, 0.2) is 23.0 Å². The normalized spacial score (nSPS) is 11.2. The quantitative estimate of drug-likeness (QED) is 0.0274. The van der Waals surface area contributed by atoms with Crippen LogP contribution in [0.1, 0.15) is 103 Å². The third-order valence-electron chi connectivity index (χ3n) is 13.9. The van der Waals surface area contributed by atoms with E-state index in [2.05, 4.69) is 69.0 Å². The second-order valence-corrected chi connectivity index (χ2v) is 21.6. The van der Waals surface area contributed by atoms with E-state index in [1.807, 2.05) is 121 Å². The van der Waals surface area contributed by atoms with Crippen molar-refractivity contribution >= 4 is 46.0 Å². The maximum absolute atomic E-state index is 6.14. The molecule has 0 spiro atoms. The Bertz CT molecular complexity index is 2970. The van der Waals surface area contributed by atoms with Crippen LogP contribution >= 0.6 is 23.2 Å². The van der Waals surface area contributed by atoms with E-state index in [0.29, 0.717) is 62.9 Å². The van der Waals surface area contributed by atoms with Gasteiger partial charge in [0.25, 0.3) is 0 Å². The number of unbranched alkanes of at least 4 members (excludes halogenated alkanes) is 12. The van der Waals surface area contributed by atoms with Crippen molar-refractivity contribution < 1.29 is 37.9 Å². The molecule has 14 heteroatoms. The SMILES string of the molecule is Clc1ccc(N=Nc2ccc(OCCCCCCOc3ccccc3OCCCCCCOc3ccc(-c4ccc(OCCCCCCOc5ccccc5OCCCCCCOc5ccc(N=Nc6ccc(Cl)cc6)cc5)cc4)cc3)cc2)cc1. The van der Waals surface area contributed by atoms with Crippen LogP contribution in [0.3, 0.4) is 0 Å². The maximum Gasteiger partial charge on any atom is 0.161 e. The van der Waals surface area contributed by atoms with Gasteiger partial charge in [-0.2, -0.15) is 20.5 Å². The van der Waals surface area contributed by atoms with Gasteiger partial charge in [0.05, 0.1) is 75.6 Å². The molecule has 0 aromatic heterocycles. The van der Waals surface area contributed by atoms with E-state index in [1.54, 1.807) is 24.3 Å². The lowest BCUT2D eigenvalue weighted by Crippen LogP contribution is -2.03. The monoisotopic (exact) mass is 1200 g/mol. The molecular weight excluding hydrogens is 1120 g/mol. The highest BCUT2D eigenvalue weighted by Crippen LogP contribution is 2.31. The van der Waals surface area contributed by atoms with Gasteiger partial charge in [-0.05, 0) is 259 Å². The predicted molar refractivity (Wildman–Crippen MR) is 347 cm³/mol. The molecule has 0 saturated carbocycles. The first-order valence-electron chi connectivity index (χ1n) is 30.4. The maximum atomic E-state index is 6.14. The molecule has 8 aromatic carbocycles. The minimum Gasteiger partial charge on any atom is -0.494 e. The van der Waals surface area contributed by atoms with Crippen molar-refractivity contribution in [1.29, 1.82) is 0 Å². The van der Waals surface area contributed by atoms with Gasteiger partial charge in [-0.15, -0.1) is 0 Å². The summed E-state index contributed by atoms with van der Waals surface area (Å²) in [4.78, 5) is 0. The summed E-state index contributed by atoms with van der Waals surface area (Å²) in [5.74, 6) is 6.62. The average Bonchev–Trinajstić information content (AvgIpc) is 3.66. The van der Waals surface area contributed by atoms with E-state index < -0.39 is 0 Å². The molecule has 0 saturated heterocycles. The van der Waals surface area contributed by atoms with Crippen LogP contribution in [-0.2, 0) is 0 Å². The molecule has 0 aliphatic heterocycles. The van der Waals surface area contributed by atoms with Gasteiger partial charge in [-0.25, -0.2) is 0 Å². The summed E-state index contributed by atoms with van der Waals surface area (Å²) < 4.78 is 48.6. The Morgan fingerprint density at radius 3 is 0.640 bits per heavy atom. The van der Waals surface area contributed by atoms with E-state index >= 15 is 0 Å². The summed E-state index contributed by atoms with van der Waals surface area (Å²) in [7, 11) is 0. The number of benzene rings is 8. The summed E-state index contributed by atoms with van der Waals surface area (Å²) in [6.45, 7) is 5.32. The fourth-order valence-corrected chi connectivity index (χ4v) is 9.30. The summed E-state index contributed by atoms with van der Waals surface area (Å²) in [5.41, 5.74) is 5.32. The van der Waals surface area contributed by atoms with Gasteiger partial charge in [0.1, 0.15) is 23.0 Å². The van der Waals surface area contributed by atoms with Crippen LogP contribution in [0.25, 0.3) is 11.1 Å². The zero-order chi connectivity index (χ0) is 59.3. The number of hydrogen-bond donors (Lipinski definition) is 0. The van der Waals surface area contributed by atoms with Crippen molar-refractivity contribution in [2.75, 3.05) is 52.9 Å². The van der Waals surface area contributed by atoms with Crippen molar-refractivity contribution in [3.8, 4) is 57.1 Å². The van der Waals surface area contributed by atoms with E-state index in [9.17, 15) is 0 Å². The smallest absolute Gasteiger partial charge is 0.161 e. The zero-order valence-electron chi connectivity index (χ0n) is 49.3. The van der Waals surface area contributed by atoms with Gasteiger partial charge in [0, 0.05) is 10.0 Å². The summed E-state index contributed by atoms with van der Waals surface area (Å²) in [5, 5.41) is 18.4. The summed E-state index contributed by atoms with van der Waals surface area (Å²) >= 11 is 11.9. The molecule has 450 valence electrons. The largest absolute Gasteiger partial charge is 0.494 e. The topological polar surface area (TPSA) is 123 Å². The van der Waals surface area contributed by atoms with Crippen molar-refractivity contribution in [1.82, 2.24) is 0 Å². The minimum atomic E-state index is 0.652. The van der Waals surface area contributed by atoms with Crippen LogP contribution in [0.4, 0.5) is 22.7 Å². The van der Waals surface area contributed by atoms with Gasteiger partial charge in [0.2, 0.25) is 0 Å². The molecule has 0 unspecified atom stereocenters.